The van der Waals surface area contributed by atoms with Gasteiger partial charge in [0.25, 0.3) is 11.8 Å². The Morgan fingerprint density at radius 1 is 1.23 bits per heavy atom. The Hall–Kier alpha value is -2.13. The molecule has 0 radical (unpaired) electrons. The van der Waals surface area contributed by atoms with E-state index < -0.39 is 11.8 Å². The predicted molar refractivity (Wildman–Crippen MR) is 87.4 cm³/mol. The fourth-order valence-corrected chi connectivity index (χ4v) is 2.43. The summed E-state index contributed by atoms with van der Waals surface area (Å²) in [6.07, 6.45) is 4.17. The van der Waals surface area contributed by atoms with Crippen molar-refractivity contribution in [3.05, 3.63) is 57.1 Å². The van der Waals surface area contributed by atoms with Crippen LogP contribution < -0.4 is 10.4 Å². The molecule has 0 unspecified atom stereocenters. The molecule has 2 amide bonds. The Morgan fingerprint density at radius 3 is 2.64 bits per heavy atom. The number of carbonyl (C=O) groups excluding carboxylic acids is 2. The first-order chi connectivity index (χ1) is 10.6. The van der Waals surface area contributed by atoms with E-state index in [1.807, 2.05) is 12.1 Å². The largest absolute Gasteiger partial charge is 0.472 e. The molecule has 1 fully saturated rings. The molecular weight excluding hydrogens is 399 g/mol. The standard InChI is InChI=1S/C15H11IN2O4/c16-11-1-3-12(4-2-11)18-15(21)13(14(20)17-18)5-9-7-22-8-10(9)6-19/h1-5,7-8,19H,6H2,(H,17,20). The molecule has 0 aliphatic carbocycles. The van der Waals surface area contributed by atoms with Gasteiger partial charge in [-0.05, 0) is 52.9 Å². The molecule has 2 N–H and O–H groups in total. The zero-order chi connectivity index (χ0) is 15.7. The van der Waals surface area contributed by atoms with E-state index >= 15 is 0 Å². The second kappa shape index (κ2) is 5.93. The van der Waals surface area contributed by atoms with E-state index in [0.29, 0.717) is 16.8 Å². The van der Waals surface area contributed by atoms with Gasteiger partial charge in [-0.1, -0.05) is 0 Å². The molecule has 7 heteroatoms. The van der Waals surface area contributed by atoms with Crippen LogP contribution in [0.2, 0.25) is 0 Å². The van der Waals surface area contributed by atoms with Crippen molar-refractivity contribution >= 4 is 46.2 Å². The summed E-state index contributed by atoms with van der Waals surface area (Å²) in [7, 11) is 0. The molecule has 0 bridgehead atoms. The van der Waals surface area contributed by atoms with E-state index in [1.54, 1.807) is 12.1 Å². The number of hydrogen-bond acceptors (Lipinski definition) is 4. The van der Waals surface area contributed by atoms with Crippen LogP contribution in [-0.2, 0) is 16.2 Å². The van der Waals surface area contributed by atoms with E-state index in [0.717, 1.165) is 3.57 Å². The van der Waals surface area contributed by atoms with Crippen molar-refractivity contribution in [2.24, 2.45) is 0 Å². The highest BCUT2D eigenvalue weighted by Gasteiger charge is 2.34. The number of nitrogens with zero attached hydrogens (tertiary/aromatic N) is 1. The second-order valence-electron chi connectivity index (χ2n) is 4.63. The van der Waals surface area contributed by atoms with Gasteiger partial charge in [0.2, 0.25) is 0 Å². The maximum Gasteiger partial charge on any atom is 0.282 e. The molecule has 6 nitrogen and oxygen atoms in total. The summed E-state index contributed by atoms with van der Waals surface area (Å²) in [5.74, 6) is -0.940. The lowest BCUT2D eigenvalue weighted by atomic mass is 10.1. The maximum absolute atomic E-state index is 12.4. The van der Waals surface area contributed by atoms with Crippen LogP contribution in [0.3, 0.4) is 0 Å². The van der Waals surface area contributed by atoms with Crippen molar-refractivity contribution in [1.82, 2.24) is 5.43 Å². The van der Waals surface area contributed by atoms with E-state index in [9.17, 15) is 14.7 Å². The number of halogens is 1. The highest BCUT2D eigenvalue weighted by atomic mass is 127. The van der Waals surface area contributed by atoms with Gasteiger partial charge in [-0.3, -0.25) is 15.0 Å². The van der Waals surface area contributed by atoms with Crippen molar-refractivity contribution in [1.29, 1.82) is 0 Å². The molecule has 2 heterocycles. The van der Waals surface area contributed by atoms with Crippen LogP contribution in [-0.4, -0.2) is 16.9 Å². The molecule has 1 aliphatic heterocycles. The van der Waals surface area contributed by atoms with Gasteiger partial charge in [-0.2, -0.15) is 0 Å². The number of nitrogens with one attached hydrogen (secondary N) is 1. The highest BCUT2D eigenvalue weighted by Crippen LogP contribution is 2.23. The number of aliphatic hydroxyl groups is 1. The van der Waals surface area contributed by atoms with Crippen LogP contribution in [0.1, 0.15) is 11.1 Å². The molecule has 2 aromatic rings. The van der Waals surface area contributed by atoms with Crippen molar-refractivity contribution in [2.75, 3.05) is 5.01 Å². The average Bonchev–Trinajstić information content (AvgIpc) is 3.07. The van der Waals surface area contributed by atoms with Gasteiger partial charge in [-0.25, -0.2) is 5.01 Å². The third-order valence-electron chi connectivity index (χ3n) is 3.22. The summed E-state index contributed by atoms with van der Waals surface area (Å²) in [5.41, 5.74) is 4.12. The SMILES string of the molecule is O=C1NN(c2ccc(I)cc2)C(=O)C1=Cc1cocc1CO. The van der Waals surface area contributed by atoms with Crippen LogP contribution in [0.25, 0.3) is 6.08 Å². The van der Waals surface area contributed by atoms with Gasteiger partial charge in [0, 0.05) is 14.7 Å². The highest BCUT2D eigenvalue weighted by molar-refractivity contribution is 14.1. The number of amides is 2. The molecule has 22 heavy (non-hydrogen) atoms. The van der Waals surface area contributed by atoms with Crippen LogP contribution in [0, 0.1) is 3.57 Å². The van der Waals surface area contributed by atoms with E-state index in [-0.39, 0.29) is 12.2 Å². The lowest BCUT2D eigenvalue weighted by Gasteiger charge is -2.14. The Balaban J connectivity index is 1.93. The molecular formula is C15H11IN2O4. The van der Waals surface area contributed by atoms with Crippen LogP contribution in [0.15, 0.2) is 46.8 Å². The number of benzene rings is 1. The monoisotopic (exact) mass is 410 g/mol. The van der Waals surface area contributed by atoms with E-state index in [2.05, 4.69) is 28.0 Å². The normalized spacial score (nSPS) is 16.5. The number of hydrogen-bond donors (Lipinski definition) is 2. The molecule has 0 atom stereocenters. The first-order valence-corrected chi connectivity index (χ1v) is 7.46. The molecule has 0 saturated carbocycles. The molecule has 0 spiro atoms. The topological polar surface area (TPSA) is 82.8 Å². The molecule has 112 valence electrons. The minimum atomic E-state index is -0.492. The van der Waals surface area contributed by atoms with E-state index in [1.165, 1.54) is 23.6 Å². The second-order valence-corrected chi connectivity index (χ2v) is 5.87. The third-order valence-corrected chi connectivity index (χ3v) is 3.94. The zero-order valence-corrected chi connectivity index (χ0v) is 13.4. The fraction of sp³-hybridized carbons (Fsp3) is 0.0667. The van der Waals surface area contributed by atoms with Crippen molar-refractivity contribution in [2.45, 2.75) is 6.61 Å². The molecule has 1 saturated heterocycles. The summed E-state index contributed by atoms with van der Waals surface area (Å²) in [6.45, 7) is -0.230. The number of furan rings is 1. The van der Waals surface area contributed by atoms with E-state index in [4.69, 9.17) is 4.42 Å². The zero-order valence-electron chi connectivity index (χ0n) is 11.2. The van der Waals surface area contributed by atoms with Crippen molar-refractivity contribution < 1.29 is 19.1 Å². The average molecular weight is 410 g/mol. The minimum absolute atomic E-state index is 0.00495. The molecule has 1 aromatic carbocycles. The third kappa shape index (κ3) is 2.64. The number of carbonyl (C=O) groups is 2. The smallest absolute Gasteiger partial charge is 0.282 e. The number of anilines is 1. The van der Waals surface area contributed by atoms with Crippen molar-refractivity contribution in [3.8, 4) is 0 Å². The van der Waals surface area contributed by atoms with Crippen LogP contribution >= 0.6 is 22.6 Å². The van der Waals surface area contributed by atoms with Gasteiger partial charge in [0.05, 0.1) is 24.8 Å². The van der Waals surface area contributed by atoms with Crippen molar-refractivity contribution in [3.63, 3.8) is 0 Å². The predicted octanol–water partition coefficient (Wildman–Crippen LogP) is 1.84. The van der Waals surface area contributed by atoms with Gasteiger partial charge < -0.3 is 9.52 Å². The lowest BCUT2D eigenvalue weighted by Crippen LogP contribution is -2.35. The van der Waals surface area contributed by atoms with Gasteiger partial charge in [0.1, 0.15) is 5.57 Å². The summed E-state index contributed by atoms with van der Waals surface area (Å²) >= 11 is 2.16. The Kier molecular flexibility index (Phi) is 3.99. The lowest BCUT2D eigenvalue weighted by molar-refractivity contribution is -0.117. The first-order valence-electron chi connectivity index (χ1n) is 6.39. The fourth-order valence-electron chi connectivity index (χ4n) is 2.07. The first kappa shape index (κ1) is 14.8. The minimum Gasteiger partial charge on any atom is -0.472 e. The van der Waals surface area contributed by atoms with Gasteiger partial charge in [-0.15, -0.1) is 0 Å². The number of aliphatic hydroxyl groups excluding tert-OH is 1. The number of hydrazine groups is 1. The number of rotatable bonds is 3. The molecule has 1 aliphatic rings. The summed E-state index contributed by atoms with van der Waals surface area (Å²) in [4.78, 5) is 24.4. The summed E-state index contributed by atoms with van der Waals surface area (Å²) in [5, 5.41) is 10.4. The Bertz CT molecular complexity index is 764. The Morgan fingerprint density at radius 2 is 1.95 bits per heavy atom. The quantitative estimate of drug-likeness (QED) is 0.460. The van der Waals surface area contributed by atoms with Crippen LogP contribution in [0.4, 0.5) is 5.69 Å². The maximum atomic E-state index is 12.4. The summed E-state index contributed by atoms with van der Waals surface area (Å²) < 4.78 is 6.01. The van der Waals surface area contributed by atoms with Gasteiger partial charge in [0.15, 0.2) is 0 Å². The van der Waals surface area contributed by atoms with Gasteiger partial charge >= 0.3 is 0 Å². The molecule has 1 aromatic heterocycles. The molecule has 3 rings (SSSR count). The summed E-state index contributed by atoms with van der Waals surface area (Å²) in [6, 6.07) is 7.19. The Labute approximate surface area is 139 Å². The van der Waals surface area contributed by atoms with Crippen LogP contribution in [0.5, 0.6) is 0 Å².